The lowest BCUT2D eigenvalue weighted by Crippen LogP contribution is -2.16. The molecule has 0 spiro atoms. The average Bonchev–Trinajstić information content (AvgIpc) is 2.29. The number of hydrogen-bond donors (Lipinski definition) is 0. The molecule has 0 N–H and O–H groups in total. The van der Waals surface area contributed by atoms with E-state index in [0.717, 1.165) is 31.3 Å². The van der Waals surface area contributed by atoms with Crippen molar-refractivity contribution in [2.24, 2.45) is 5.41 Å². The van der Waals surface area contributed by atoms with Crippen LogP contribution < -0.4 is 0 Å². The van der Waals surface area contributed by atoms with Crippen molar-refractivity contribution in [1.82, 2.24) is 0 Å². The van der Waals surface area contributed by atoms with Crippen LogP contribution in [0.25, 0.3) is 0 Å². The van der Waals surface area contributed by atoms with Crippen LogP contribution in [0.4, 0.5) is 0 Å². The Morgan fingerprint density at radius 1 is 1.24 bits per heavy atom. The monoisotopic (exact) mass is 239 g/mol. The number of nitrogens with zero attached hydrogens (tertiary/aromatic N) is 1. The number of rotatable bonds is 2. The van der Waals surface area contributed by atoms with E-state index in [4.69, 9.17) is 0 Å². The number of allylic oxidation sites excluding steroid dienone is 2. The zero-order valence-electron chi connectivity index (χ0n) is 11.4. The third kappa shape index (κ3) is 4.14. The predicted molar refractivity (Wildman–Crippen MR) is 70.4 cm³/mol. The quantitative estimate of drug-likeness (QED) is 0.518. The molecule has 0 aliphatic heterocycles. The molecule has 0 amide bonds. The zero-order valence-corrected chi connectivity index (χ0v) is 11.4. The van der Waals surface area contributed by atoms with Crippen molar-refractivity contribution in [3.63, 3.8) is 0 Å². The zero-order chi connectivity index (χ0) is 12.9. The van der Waals surface area contributed by atoms with Crippen LogP contribution in [-0.2, 0) is 0 Å². The topological polar surface area (TPSA) is 43.1 Å². The van der Waals surface area contributed by atoms with E-state index < -0.39 is 0 Å². The van der Waals surface area contributed by atoms with Gasteiger partial charge in [-0.3, -0.25) is 10.1 Å². The lowest BCUT2D eigenvalue weighted by molar-refractivity contribution is -0.429. The Kier molecular flexibility index (Phi) is 5.16. The summed E-state index contributed by atoms with van der Waals surface area (Å²) in [5, 5.41) is 11.0. The smallest absolute Gasteiger partial charge is 0.245 e. The molecule has 0 aromatic heterocycles. The third-order valence-corrected chi connectivity index (χ3v) is 4.34. The van der Waals surface area contributed by atoms with Crippen LogP contribution in [-0.4, -0.2) is 4.92 Å². The van der Waals surface area contributed by atoms with Crippen molar-refractivity contribution in [3.8, 4) is 0 Å². The van der Waals surface area contributed by atoms with Gasteiger partial charge >= 0.3 is 0 Å². The molecule has 0 aromatic carbocycles. The highest BCUT2D eigenvalue weighted by Gasteiger charge is 2.24. The molecule has 1 aliphatic rings. The van der Waals surface area contributed by atoms with Crippen molar-refractivity contribution >= 4 is 0 Å². The molecule has 0 saturated heterocycles. The Balaban J connectivity index is 2.75. The van der Waals surface area contributed by atoms with Gasteiger partial charge in [0.25, 0.3) is 0 Å². The fourth-order valence-electron chi connectivity index (χ4n) is 2.71. The summed E-state index contributed by atoms with van der Waals surface area (Å²) in [5.74, 6) is 0. The normalized spacial score (nSPS) is 32.2. The Morgan fingerprint density at radius 3 is 2.47 bits per heavy atom. The first-order valence-corrected chi connectivity index (χ1v) is 6.81. The molecule has 98 valence electrons. The van der Waals surface area contributed by atoms with Crippen LogP contribution in [0.1, 0.15) is 72.1 Å². The lowest BCUT2D eigenvalue weighted by atomic mass is 9.77. The van der Waals surface area contributed by atoms with Crippen molar-refractivity contribution in [2.75, 3.05) is 0 Å². The Labute approximate surface area is 104 Å². The van der Waals surface area contributed by atoms with E-state index in [0.29, 0.717) is 17.5 Å². The highest BCUT2D eigenvalue weighted by Crippen LogP contribution is 2.36. The summed E-state index contributed by atoms with van der Waals surface area (Å²) < 4.78 is 0. The molecule has 0 saturated carbocycles. The summed E-state index contributed by atoms with van der Waals surface area (Å²) in [4.78, 5) is 10.8. The predicted octanol–water partition coefficient (Wildman–Crippen LogP) is 4.70. The first-order chi connectivity index (χ1) is 7.98. The molecule has 17 heavy (non-hydrogen) atoms. The summed E-state index contributed by atoms with van der Waals surface area (Å²) in [7, 11) is 0. The second-order valence-electron chi connectivity index (χ2n) is 5.71. The first kappa shape index (κ1) is 14.2. The maximum Gasteiger partial charge on any atom is 0.245 e. The van der Waals surface area contributed by atoms with Gasteiger partial charge in [-0.25, -0.2) is 0 Å². The molecule has 0 fully saturated rings. The van der Waals surface area contributed by atoms with Gasteiger partial charge in [0.15, 0.2) is 0 Å². The fourth-order valence-corrected chi connectivity index (χ4v) is 2.71. The Hall–Kier alpha value is -0.860. The maximum absolute atomic E-state index is 11.0. The van der Waals surface area contributed by atoms with E-state index in [-0.39, 0.29) is 4.92 Å². The van der Waals surface area contributed by atoms with Gasteiger partial charge in [0.05, 0.1) is 4.92 Å². The maximum atomic E-state index is 11.0. The lowest BCUT2D eigenvalue weighted by Gasteiger charge is -2.29. The van der Waals surface area contributed by atoms with Gasteiger partial charge in [0, 0.05) is 6.42 Å². The van der Waals surface area contributed by atoms with Gasteiger partial charge in [-0.1, -0.05) is 26.7 Å². The SMILES string of the molecule is CCC1(C)CCCC/C(C)=C(/[N+](=O)[O-])CCC1. The van der Waals surface area contributed by atoms with Gasteiger partial charge in [-0.15, -0.1) is 0 Å². The molecular formula is C14H25NO2. The summed E-state index contributed by atoms with van der Waals surface area (Å²) >= 11 is 0. The summed E-state index contributed by atoms with van der Waals surface area (Å²) in [5.41, 5.74) is 1.87. The van der Waals surface area contributed by atoms with E-state index in [1.54, 1.807) is 0 Å². The second kappa shape index (κ2) is 6.18. The number of hydrogen-bond acceptors (Lipinski definition) is 2. The molecule has 0 bridgehead atoms. The second-order valence-corrected chi connectivity index (χ2v) is 5.71. The minimum Gasteiger partial charge on any atom is -0.259 e. The van der Waals surface area contributed by atoms with E-state index in [1.807, 2.05) is 6.92 Å². The largest absolute Gasteiger partial charge is 0.259 e. The molecule has 0 radical (unpaired) electrons. The van der Waals surface area contributed by atoms with Gasteiger partial charge in [0.1, 0.15) is 0 Å². The number of nitro groups is 1. The summed E-state index contributed by atoms with van der Waals surface area (Å²) in [6.07, 6.45) is 8.37. The van der Waals surface area contributed by atoms with E-state index in [1.165, 1.54) is 19.3 Å². The molecule has 3 heteroatoms. The average molecular weight is 239 g/mol. The summed E-state index contributed by atoms with van der Waals surface area (Å²) in [6, 6.07) is 0. The first-order valence-electron chi connectivity index (χ1n) is 6.81. The van der Waals surface area contributed by atoms with Crippen LogP contribution in [0.15, 0.2) is 11.3 Å². The molecule has 1 unspecified atom stereocenters. The standard InChI is InChI=1S/C14H25NO2/c1-4-14(3)10-6-5-8-12(2)13(15(16)17)9-7-11-14/h4-11H2,1-3H3/b13-12+. The third-order valence-electron chi connectivity index (χ3n) is 4.34. The molecule has 1 aliphatic carbocycles. The van der Waals surface area contributed by atoms with Crippen LogP contribution in [0.2, 0.25) is 0 Å². The van der Waals surface area contributed by atoms with Gasteiger partial charge in [-0.2, -0.15) is 0 Å². The summed E-state index contributed by atoms with van der Waals surface area (Å²) in [6.45, 7) is 6.50. The highest BCUT2D eigenvalue weighted by atomic mass is 16.6. The van der Waals surface area contributed by atoms with Crippen LogP contribution in [0, 0.1) is 15.5 Å². The van der Waals surface area contributed by atoms with Crippen molar-refractivity contribution in [2.45, 2.75) is 72.1 Å². The van der Waals surface area contributed by atoms with Crippen molar-refractivity contribution in [3.05, 3.63) is 21.4 Å². The molecule has 3 nitrogen and oxygen atoms in total. The minimum atomic E-state index is -0.166. The van der Waals surface area contributed by atoms with Crippen molar-refractivity contribution in [1.29, 1.82) is 0 Å². The molecule has 1 rings (SSSR count). The van der Waals surface area contributed by atoms with Gasteiger partial charge in [-0.05, 0) is 50.0 Å². The molecule has 0 aromatic rings. The molecule has 0 heterocycles. The van der Waals surface area contributed by atoms with E-state index in [2.05, 4.69) is 13.8 Å². The van der Waals surface area contributed by atoms with E-state index in [9.17, 15) is 10.1 Å². The Bertz CT molecular complexity index is 309. The van der Waals surface area contributed by atoms with Crippen LogP contribution >= 0.6 is 0 Å². The van der Waals surface area contributed by atoms with Crippen LogP contribution in [0.3, 0.4) is 0 Å². The van der Waals surface area contributed by atoms with E-state index >= 15 is 0 Å². The Morgan fingerprint density at radius 2 is 1.88 bits per heavy atom. The van der Waals surface area contributed by atoms with Crippen molar-refractivity contribution < 1.29 is 4.92 Å². The van der Waals surface area contributed by atoms with Crippen LogP contribution in [0.5, 0.6) is 0 Å². The minimum absolute atomic E-state index is 0.166. The van der Waals surface area contributed by atoms with Gasteiger partial charge < -0.3 is 0 Å². The fraction of sp³-hybridized carbons (Fsp3) is 0.857. The molecular weight excluding hydrogens is 214 g/mol. The molecule has 1 atom stereocenters. The van der Waals surface area contributed by atoms with Gasteiger partial charge in [0.2, 0.25) is 5.70 Å². The highest BCUT2D eigenvalue weighted by molar-refractivity contribution is 5.05.